The monoisotopic (exact) mass is 283 g/mol. The lowest BCUT2D eigenvalue weighted by Crippen LogP contribution is -2.33. The number of hydrogen-bond acceptors (Lipinski definition) is 6. The van der Waals surface area contributed by atoms with Gasteiger partial charge in [0.1, 0.15) is 28.6 Å². The van der Waals surface area contributed by atoms with Crippen molar-refractivity contribution in [3.05, 3.63) is 23.2 Å². The van der Waals surface area contributed by atoms with Crippen LogP contribution in [-0.2, 0) is 4.74 Å². The summed E-state index contributed by atoms with van der Waals surface area (Å²) >= 11 is 5.10. The topological polar surface area (TPSA) is 104 Å². The van der Waals surface area contributed by atoms with Crippen molar-refractivity contribution in [2.24, 2.45) is 0 Å². The van der Waals surface area contributed by atoms with Crippen LogP contribution >= 0.6 is 12.2 Å². The molecule has 8 heteroatoms. The molecule has 0 spiro atoms. The van der Waals surface area contributed by atoms with Gasteiger partial charge in [-0.2, -0.15) is 0 Å². The van der Waals surface area contributed by atoms with E-state index in [0.29, 0.717) is 10.3 Å². The average Bonchev–Trinajstić information content (AvgIpc) is 2.94. The van der Waals surface area contributed by atoms with Crippen molar-refractivity contribution in [3.8, 4) is 0 Å². The summed E-state index contributed by atoms with van der Waals surface area (Å²) in [6.45, 7) is -0.356. The van der Waals surface area contributed by atoms with Crippen LogP contribution < -0.4 is 0 Å². The fourth-order valence-corrected chi connectivity index (χ4v) is 2.53. The Balaban J connectivity index is 2.06. The predicted molar refractivity (Wildman–Crippen MR) is 67.9 cm³/mol. The first-order chi connectivity index (χ1) is 9.13. The molecule has 0 aliphatic carbocycles. The van der Waals surface area contributed by atoms with Gasteiger partial charge < -0.3 is 29.6 Å². The number of aromatic amines is 1. The van der Waals surface area contributed by atoms with Gasteiger partial charge in [0.2, 0.25) is 0 Å². The van der Waals surface area contributed by atoms with Gasteiger partial charge in [0.15, 0.2) is 6.23 Å². The Morgan fingerprint density at radius 1 is 1.42 bits per heavy atom. The van der Waals surface area contributed by atoms with Crippen LogP contribution in [0.25, 0.3) is 11.0 Å². The molecule has 0 amide bonds. The van der Waals surface area contributed by atoms with Crippen molar-refractivity contribution in [2.75, 3.05) is 6.61 Å². The van der Waals surface area contributed by atoms with Gasteiger partial charge in [-0.3, -0.25) is 0 Å². The molecule has 7 nitrogen and oxygen atoms in total. The Bertz CT molecular complexity index is 655. The van der Waals surface area contributed by atoms with E-state index < -0.39 is 24.5 Å². The molecule has 4 atom stereocenters. The molecular formula is C11H13N3O4S. The van der Waals surface area contributed by atoms with Gasteiger partial charge in [-0.25, -0.2) is 4.98 Å². The lowest BCUT2D eigenvalue weighted by Gasteiger charge is -2.17. The summed E-state index contributed by atoms with van der Waals surface area (Å²) in [5.74, 6) is 0. The van der Waals surface area contributed by atoms with E-state index in [1.165, 1.54) is 6.33 Å². The molecule has 0 aromatic carbocycles. The normalized spacial score (nSPS) is 31.1. The number of fused-ring (bicyclic) bond motifs is 1. The van der Waals surface area contributed by atoms with E-state index in [0.717, 1.165) is 5.39 Å². The molecule has 1 fully saturated rings. The minimum absolute atomic E-state index is 0.356. The number of H-pyrrole nitrogens is 1. The van der Waals surface area contributed by atoms with Gasteiger partial charge in [0.25, 0.3) is 0 Å². The number of nitrogens with zero attached hydrogens (tertiary/aromatic N) is 2. The first kappa shape index (κ1) is 12.7. The van der Waals surface area contributed by atoms with Gasteiger partial charge >= 0.3 is 0 Å². The fraction of sp³-hybridized carbons (Fsp3) is 0.455. The molecule has 2 aromatic rings. The van der Waals surface area contributed by atoms with E-state index in [1.54, 1.807) is 16.8 Å². The molecule has 4 N–H and O–H groups in total. The van der Waals surface area contributed by atoms with E-state index in [4.69, 9.17) is 22.1 Å². The molecule has 0 saturated carbocycles. The lowest BCUT2D eigenvalue weighted by molar-refractivity contribution is -0.0508. The maximum absolute atomic E-state index is 10.00. The molecular weight excluding hydrogens is 270 g/mol. The number of nitrogens with one attached hydrogen (secondary N) is 1. The molecule has 3 rings (SSSR count). The van der Waals surface area contributed by atoms with Crippen LogP contribution in [-0.4, -0.2) is 54.8 Å². The largest absolute Gasteiger partial charge is 0.394 e. The fourth-order valence-electron chi connectivity index (χ4n) is 2.32. The van der Waals surface area contributed by atoms with Crippen LogP contribution in [0.15, 0.2) is 18.6 Å². The van der Waals surface area contributed by atoms with E-state index in [9.17, 15) is 10.2 Å². The van der Waals surface area contributed by atoms with Crippen molar-refractivity contribution < 1.29 is 20.1 Å². The minimum atomic E-state index is -1.13. The van der Waals surface area contributed by atoms with Crippen LogP contribution in [0.4, 0.5) is 0 Å². The second kappa shape index (κ2) is 4.66. The number of aliphatic hydroxyl groups is 3. The summed E-state index contributed by atoms with van der Waals surface area (Å²) in [5, 5.41) is 29.6. The third-order valence-electron chi connectivity index (χ3n) is 3.32. The minimum Gasteiger partial charge on any atom is -0.394 e. The van der Waals surface area contributed by atoms with Crippen LogP contribution in [0.3, 0.4) is 0 Å². The lowest BCUT2D eigenvalue weighted by atomic mass is 10.1. The Hall–Kier alpha value is -1.32. The standard InChI is InChI=1S/C11H13N3O4S/c15-3-6-7(16)8(17)11(18-6)14-2-1-5-9(14)12-4-13-10(5)19/h1-2,4,6-8,11,15-17H,3H2,(H,12,13,19)/t6-,7+,8-,11-/m0/s1. The van der Waals surface area contributed by atoms with Crippen LogP contribution in [0.2, 0.25) is 0 Å². The van der Waals surface area contributed by atoms with Gasteiger partial charge in [-0.1, -0.05) is 12.2 Å². The summed E-state index contributed by atoms with van der Waals surface area (Å²) in [7, 11) is 0. The van der Waals surface area contributed by atoms with Crippen molar-refractivity contribution >= 4 is 23.3 Å². The Kier molecular flexibility index (Phi) is 3.11. The average molecular weight is 283 g/mol. The molecule has 0 bridgehead atoms. The SMILES string of the molecule is OC[C@@H]1O[C@H](n2ccc3c(=S)nc[nH]c32)[C@@H](O)[C@@H]1O. The second-order valence-electron chi connectivity index (χ2n) is 4.42. The van der Waals surface area contributed by atoms with Gasteiger partial charge in [-0.15, -0.1) is 0 Å². The zero-order valence-electron chi connectivity index (χ0n) is 9.80. The molecule has 1 aliphatic heterocycles. The van der Waals surface area contributed by atoms with Crippen LogP contribution in [0.5, 0.6) is 0 Å². The Morgan fingerprint density at radius 3 is 2.89 bits per heavy atom. The van der Waals surface area contributed by atoms with Crippen molar-refractivity contribution in [1.29, 1.82) is 0 Å². The van der Waals surface area contributed by atoms with Gasteiger partial charge in [0.05, 0.1) is 18.3 Å². The van der Waals surface area contributed by atoms with Crippen LogP contribution in [0, 0.1) is 4.64 Å². The predicted octanol–water partition coefficient (Wildman–Crippen LogP) is -0.295. The first-order valence-electron chi connectivity index (χ1n) is 5.80. The molecule has 0 unspecified atom stereocenters. The number of hydrogen-bond donors (Lipinski definition) is 4. The quantitative estimate of drug-likeness (QED) is 0.565. The molecule has 1 aliphatic rings. The van der Waals surface area contributed by atoms with Gasteiger partial charge in [-0.05, 0) is 6.07 Å². The van der Waals surface area contributed by atoms with Gasteiger partial charge in [0, 0.05) is 6.20 Å². The molecule has 2 aromatic heterocycles. The van der Waals surface area contributed by atoms with E-state index in [-0.39, 0.29) is 6.61 Å². The van der Waals surface area contributed by atoms with Crippen molar-refractivity contribution in [1.82, 2.24) is 14.5 Å². The summed E-state index contributed by atoms with van der Waals surface area (Å²) < 4.78 is 7.55. The van der Waals surface area contributed by atoms with Crippen LogP contribution in [0.1, 0.15) is 6.23 Å². The number of aromatic nitrogens is 3. The summed E-state index contributed by atoms with van der Waals surface area (Å²) in [4.78, 5) is 6.90. The van der Waals surface area contributed by atoms with Crippen molar-refractivity contribution in [3.63, 3.8) is 0 Å². The number of ether oxygens (including phenoxy) is 1. The third-order valence-corrected chi connectivity index (χ3v) is 3.65. The maximum atomic E-state index is 10.00. The summed E-state index contributed by atoms with van der Waals surface area (Å²) in [5.41, 5.74) is 0.648. The number of aliphatic hydroxyl groups excluding tert-OH is 3. The molecule has 3 heterocycles. The van der Waals surface area contributed by atoms with E-state index in [2.05, 4.69) is 9.97 Å². The van der Waals surface area contributed by atoms with E-state index >= 15 is 0 Å². The Morgan fingerprint density at radius 2 is 2.21 bits per heavy atom. The third kappa shape index (κ3) is 1.88. The zero-order chi connectivity index (χ0) is 13.6. The molecule has 0 radical (unpaired) electrons. The number of rotatable bonds is 2. The highest BCUT2D eigenvalue weighted by Crippen LogP contribution is 2.31. The Labute approximate surface area is 113 Å². The van der Waals surface area contributed by atoms with Crippen molar-refractivity contribution in [2.45, 2.75) is 24.5 Å². The highest BCUT2D eigenvalue weighted by Gasteiger charge is 2.43. The highest BCUT2D eigenvalue weighted by molar-refractivity contribution is 7.71. The summed E-state index contributed by atoms with van der Waals surface area (Å²) in [6.07, 6.45) is -0.679. The summed E-state index contributed by atoms with van der Waals surface area (Å²) in [6, 6.07) is 1.76. The van der Waals surface area contributed by atoms with E-state index in [1.807, 2.05) is 0 Å². The zero-order valence-corrected chi connectivity index (χ0v) is 10.6. The molecule has 1 saturated heterocycles. The first-order valence-corrected chi connectivity index (χ1v) is 6.21. The smallest absolute Gasteiger partial charge is 0.164 e. The second-order valence-corrected chi connectivity index (χ2v) is 4.81. The molecule has 102 valence electrons. The highest BCUT2D eigenvalue weighted by atomic mass is 32.1. The maximum Gasteiger partial charge on any atom is 0.164 e. The molecule has 19 heavy (non-hydrogen) atoms.